The van der Waals surface area contributed by atoms with Crippen LogP contribution in [0.25, 0.3) is 0 Å². The molecule has 0 fully saturated rings. The van der Waals surface area contributed by atoms with Gasteiger partial charge in [0.15, 0.2) is 0 Å². The Labute approximate surface area is 81.3 Å². The molecule has 0 heterocycles. The van der Waals surface area contributed by atoms with Crippen molar-refractivity contribution >= 4 is 12.4 Å². The summed E-state index contributed by atoms with van der Waals surface area (Å²) in [5.74, 6) is -1.02. The van der Waals surface area contributed by atoms with Crippen molar-refractivity contribution < 1.29 is 8.78 Å². The summed E-state index contributed by atoms with van der Waals surface area (Å²) < 4.78 is 25.5. The number of benzene rings is 1. The SMILES string of the molecule is Cl.NC[C@@H](N)c1cc(F)ccc1F. The van der Waals surface area contributed by atoms with Gasteiger partial charge in [-0.05, 0) is 18.2 Å². The van der Waals surface area contributed by atoms with E-state index in [0.29, 0.717) is 0 Å². The second-order valence-corrected chi connectivity index (χ2v) is 2.51. The Morgan fingerprint density at radius 3 is 2.46 bits per heavy atom. The topological polar surface area (TPSA) is 52.0 Å². The molecule has 0 aliphatic carbocycles. The number of hydrogen-bond acceptors (Lipinski definition) is 2. The minimum Gasteiger partial charge on any atom is -0.329 e. The lowest BCUT2D eigenvalue weighted by molar-refractivity contribution is 0.564. The highest BCUT2D eigenvalue weighted by Gasteiger charge is 2.09. The van der Waals surface area contributed by atoms with Gasteiger partial charge < -0.3 is 11.5 Å². The molecule has 0 radical (unpaired) electrons. The minimum absolute atomic E-state index is 0. The predicted molar refractivity (Wildman–Crippen MR) is 49.6 cm³/mol. The van der Waals surface area contributed by atoms with Crippen molar-refractivity contribution in [1.29, 1.82) is 0 Å². The van der Waals surface area contributed by atoms with Crippen LogP contribution in [-0.2, 0) is 0 Å². The van der Waals surface area contributed by atoms with E-state index in [4.69, 9.17) is 11.5 Å². The monoisotopic (exact) mass is 208 g/mol. The molecule has 5 heteroatoms. The molecular weight excluding hydrogens is 198 g/mol. The number of rotatable bonds is 2. The second kappa shape index (κ2) is 5.11. The summed E-state index contributed by atoms with van der Waals surface area (Å²) >= 11 is 0. The highest BCUT2D eigenvalue weighted by Crippen LogP contribution is 2.15. The number of halogens is 3. The molecule has 0 bridgehead atoms. The summed E-state index contributed by atoms with van der Waals surface area (Å²) in [5, 5.41) is 0. The van der Waals surface area contributed by atoms with Gasteiger partial charge in [-0.15, -0.1) is 12.4 Å². The first-order chi connectivity index (χ1) is 5.65. The van der Waals surface area contributed by atoms with E-state index in [1.807, 2.05) is 0 Å². The van der Waals surface area contributed by atoms with E-state index >= 15 is 0 Å². The first-order valence-electron chi connectivity index (χ1n) is 3.55. The van der Waals surface area contributed by atoms with Crippen LogP contribution in [0.5, 0.6) is 0 Å². The van der Waals surface area contributed by atoms with E-state index in [-0.39, 0.29) is 24.5 Å². The average Bonchev–Trinajstić information content (AvgIpc) is 2.08. The van der Waals surface area contributed by atoms with Crippen LogP contribution < -0.4 is 11.5 Å². The van der Waals surface area contributed by atoms with Crippen molar-refractivity contribution in [1.82, 2.24) is 0 Å². The molecule has 1 atom stereocenters. The van der Waals surface area contributed by atoms with Crippen molar-refractivity contribution in [3.05, 3.63) is 35.4 Å². The summed E-state index contributed by atoms with van der Waals surface area (Å²) in [6.45, 7) is 0.0976. The number of nitrogens with two attached hydrogens (primary N) is 2. The lowest BCUT2D eigenvalue weighted by atomic mass is 10.1. The molecule has 2 nitrogen and oxygen atoms in total. The zero-order valence-electron chi connectivity index (χ0n) is 6.84. The Morgan fingerprint density at radius 1 is 1.31 bits per heavy atom. The Hall–Kier alpha value is -0.710. The maximum Gasteiger partial charge on any atom is 0.128 e. The smallest absolute Gasteiger partial charge is 0.128 e. The predicted octanol–water partition coefficient (Wildman–Crippen LogP) is 1.35. The molecule has 0 amide bonds. The van der Waals surface area contributed by atoms with E-state index in [1.165, 1.54) is 0 Å². The Balaban J connectivity index is 0.00000144. The average molecular weight is 209 g/mol. The van der Waals surface area contributed by atoms with Crippen LogP contribution in [0.4, 0.5) is 8.78 Å². The molecule has 0 saturated carbocycles. The summed E-state index contributed by atoms with van der Waals surface area (Å²) in [6, 6.07) is 2.51. The van der Waals surface area contributed by atoms with E-state index in [1.54, 1.807) is 0 Å². The Morgan fingerprint density at radius 2 is 1.92 bits per heavy atom. The summed E-state index contributed by atoms with van der Waals surface area (Å²) in [4.78, 5) is 0. The lowest BCUT2D eigenvalue weighted by Gasteiger charge is -2.09. The van der Waals surface area contributed by atoms with Gasteiger partial charge in [0, 0.05) is 18.2 Å². The van der Waals surface area contributed by atoms with Crippen LogP contribution >= 0.6 is 12.4 Å². The zero-order valence-corrected chi connectivity index (χ0v) is 7.65. The van der Waals surface area contributed by atoms with E-state index in [9.17, 15) is 8.78 Å². The fourth-order valence-corrected chi connectivity index (χ4v) is 0.926. The Bertz CT molecular complexity index is 281. The van der Waals surface area contributed by atoms with Crippen molar-refractivity contribution in [3.63, 3.8) is 0 Å². The largest absolute Gasteiger partial charge is 0.329 e. The molecule has 1 aromatic rings. The third-order valence-electron chi connectivity index (χ3n) is 1.61. The summed E-state index contributed by atoms with van der Waals surface area (Å²) in [6.07, 6.45) is 0. The van der Waals surface area contributed by atoms with Gasteiger partial charge in [-0.3, -0.25) is 0 Å². The van der Waals surface area contributed by atoms with Crippen molar-refractivity contribution in [2.75, 3.05) is 6.54 Å². The molecular formula is C8H11ClF2N2. The van der Waals surface area contributed by atoms with Gasteiger partial charge >= 0.3 is 0 Å². The molecule has 0 spiro atoms. The second-order valence-electron chi connectivity index (χ2n) is 2.51. The molecule has 0 unspecified atom stereocenters. The van der Waals surface area contributed by atoms with Crippen molar-refractivity contribution in [3.8, 4) is 0 Å². The third kappa shape index (κ3) is 2.91. The highest BCUT2D eigenvalue weighted by molar-refractivity contribution is 5.85. The van der Waals surface area contributed by atoms with Crippen molar-refractivity contribution in [2.45, 2.75) is 6.04 Å². The zero-order chi connectivity index (χ0) is 9.14. The van der Waals surface area contributed by atoms with E-state index in [2.05, 4.69) is 0 Å². The van der Waals surface area contributed by atoms with Gasteiger partial charge in [-0.1, -0.05) is 0 Å². The van der Waals surface area contributed by atoms with E-state index < -0.39 is 17.7 Å². The standard InChI is InChI=1S/C8H10F2N2.ClH/c9-5-1-2-7(10)6(3-5)8(12)4-11;/h1-3,8H,4,11-12H2;1H/t8-;/m1./s1. The molecule has 0 aliphatic rings. The maximum absolute atomic E-state index is 12.9. The molecule has 0 saturated heterocycles. The number of hydrogen-bond donors (Lipinski definition) is 2. The molecule has 0 aliphatic heterocycles. The quantitative estimate of drug-likeness (QED) is 0.771. The van der Waals surface area contributed by atoms with Crippen LogP contribution in [-0.4, -0.2) is 6.54 Å². The summed E-state index contributed by atoms with van der Waals surface area (Å²) in [7, 11) is 0. The lowest BCUT2D eigenvalue weighted by Crippen LogP contribution is -2.21. The first-order valence-corrected chi connectivity index (χ1v) is 3.55. The molecule has 4 N–H and O–H groups in total. The van der Waals surface area contributed by atoms with Crippen LogP contribution in [0.1, 0.15) is 11.6 Å². The van der Waals surface area contributed by atoms with Gasteiger partial charge in [0.1, 0.15) is 11.6 Å². The van der Waals surface area contributed by atoms with Gasteiger partial charge in [0.2, 0.25) is 0 Å². The first kappa shape index (κ1) is 12.3. The molecule has 1 rings (SSSR count). The van der Waals surface area contributed by atoms with Gasteiger partial charge in [0.25, 0.3) is 0 Å². The molecule has 13 heavy (non-hydrogen) atoms. The maximum atomic E-state index is 12.9. The minimum atomic E-state index is -0.638. The van der Waals surface area contributed by atoms with Crippen LogP contribution in [0.3, 0.4) is 0 Å². The third-order valence-corrected chi connectivity index (χ3v) is 1.61. The normalized spacial score (nSPS) is 12.0. The molecule has 0 aromatic heterocycles. The summed E-state index contributed by atoms with van der Waals surface area (Å²) in [5.41, 5.74) is 10.8. The molecule has 74 valence electrons. The fraction of sp³-hybridized carbons (Fsp3) is 0.250. The van der Waals surface area contributed by atoms with Crippen LogP contribution in [0, 0.1) is 11.6 Å². The van der Waals surface area contributed by atoms with Crippen LogP contribution in [0.15, 0.2) is 18.2 Å². The fourth-order valence-electron chi connectivity index (χ4n) is 0.926. The molecule has 1 aromatic carbocycles. The van der Waals surface area contributed by atoms with E-state index in [0.717, 1.165) is 18.2 Å². The van der Waals surface area contributed by atoms with Crippen molar-refractivity contribution in [2.24, 2.45) is 11.5 Å². The van der Waals surface area contributed by atoms with Gasteiger partial charge in [0.05, 0.1) is 0 Å². The highest BCUT2D eigenvalue weighted by atomic mass is 35.5. The van der Waals surface area contributed by atoms with Gasteiger partial charge in [-0.2, -0.15) is 0 Å². The Kier molecular flexibility index (Phi) is 4.83. The van der Waals surface area contributed by atoms with Gasteiger partial charge in [-0.25, -0.2) is 8.78 Å². The van der Waals surface area contributed by atoms with Crippen LogP contribution in [0.2, 0.25) is 0 Å².